The number of fused-ring (bicyclic) bond motifs is 1. The van der Waals surface area contributed by atoms with Crippen LogP contribution in [0.4, 0.5) is 0 Å². The minimum atomic E-state index is 0.0272. The lowest BCUT2D eigenvalue weighted by molar-refractivity contribution is -0.137. The highest BCUT2D eigenvalue weighted by molar-refractivity contribution is 5.81. The van der Waals surface area contributed by atoms with Gasteiger partial charge in [0.2, 0.25) is 5.91 Å². The van der Waals surface area contributed by atoms with Crippen molar-refractivity contribution >= 4 is 5.91 Å². The largest absolute Gasteiger partial charge is 0.341 e. The summed E-state index contributed by atoms with van der Waals surface area (Å²) < 4.78 is 0. The predicted octanol–water partition coefficient (Wildman–Crippen LogP) is 1.70. The topological polar surface area (TPSA) is 61.4 Å². The number of likely N-dealkylation sites (tertiary alicyclic amines) is 2. The van der Waals surface area contributed by atoms with Gasteiger partial charge < -0.3 is 10.2 Å². The summed E-state index contributed by atoms with van der Waals surface area (Å²) in [6.45, 7) is 7.79. The lowest BCUT2D eigenvalue weighted by atomic mass is 9.94. The van der Waals surface area contributed by atoms with E-state index in [9.17, 15) is 4.79 Å². The Morgan fingerprint density at radius 1 is 1.19 bits per heavy atom. The molecule has 0 aliphatic carbocycles. The summed E-state index contributed by atoms with van der Waals surface area (Å²) in [6.07, 6.45) is 8.72. The zero-order valence-corrected chi connectivity index (χ0v) is 15.9. The molecule has 142 valence electrons. The third kappa shape index (κ3) is 3.76. The molecule has 4 heterocycles. The molecule has 4 rings (SSSR count). The summed E-state index contributed by atoms with van der Waals surface area (Å²) in [4.78, 5) is 26.8. The van der Waals surface area contributed by atoms with Crippen LogP contribution in [-0.2, 0) is 17.8 Å². The van der Waals surface area contributed by atoms with E-state index in [0.717, 1.165) is 64.4 Å². The highest BCUT2D eigenvalue weighted by Crippen LogP contribution is 2.27. The Kier molecular flexibility index (Phi) is 5.50. The van der Waals surface area contributed by atoms with Crippen molar-refractivity contribution in [3.05, 3.63) is 23.3 Å². The van der Waals surface area contributed by atoms with Gasteiger partial charge in [-0.25, -0.2) is 9.97 Å². The second kappa shape index (κ2) is 8.01. The molecule has 0 saturated carbocycles. The van der Waals surface area contributed by atoms with Crippen LogP contribution in [0.1, 0.15) is 62.0 Å². The predicted molar refractivity (Wildman–Crippen MR) is 101 cm³/mol. The van der Waals surface area contributed by atoms with Gasteiger partial charge in [-0.15, -0.1) is 0 Å². The molecule has 0 bridgehead atoms. The maximum atomic E-state index is 12.9. The number of carbonyl (C=O) groups excluding carboxylic acids is 1. The Hall–Kier alpha value is -1.53. The first kappa shape index (κ1) is 17.9. The summed E-state index contributed by atoms with van der Waals surface area (Å²) in [5, 5.41) is 3.37. The van der Waals surface area contributed by atoms with Gasteiger partial charge in [-0.2, -0.15) is 0 Å². The van der Waals surface area contributed by atoms with E-state index in [1.54, 1.807) is 0 Å². The molecule has 1 aromatic rings. The highest BCUT2D eigenvalue weighted by atomic mass is 16.2. The Balaban J connectivity index is 1.34. The lowest BCUT2D eigenvalue weighted by Gasteiger charge is -2.37. The Bertz CT molecular complexity index is 635. The van der Waals surface area contributed by atoms with Gasteiger partial charge in [0.1, 0.15) is 5.82 Å². The third-order valence-corrected chi connectivity index (χ3v) is 6.29. The molecule has 0 aromatic carbocycles. The fraction of sp³-hybridized carbons (Fsp3) is 0.750. The second-order valence-electron chi connectivity index (χ2n) is 8.00. The van der Waals surface area contributed by atoms with Crippen molar-refractivity contribution in [3.8, 4) is 0 Å². The first-order valence-electron chi connectivity index (χ1n) is 10.3. The number of aromatic nitrogens is 2. The van der Waals surface area contributed by atoms with Crippen LogP contribution in [0.2, 0.25) is 0 Å². The number of carbonyl (C=O) groups is 1. The minimum absolute atomic E-state index is 0.0272. The molecular weight excluding hydrogens is 326 g/mol. The van der Waals surface area contributed by atoms with Gasteiger partial charge >= 0.3 is 0 Å². The molecule has 2 saturated heterocycles. The molecule has 1 aromatic heterocycles. The van der Waals surface area contributed by atoms with Crippen molar-refractivity contribution in [2.24, 2.45) is 0 Å². The lowest BCUT2D eigenvalue weighted by Crippen LogP contribution is -2.50. The summed E-state index contributed by atoms with van der Waals surface area (Å²) >= 11 is 0. The van der Waals surface area contributed by atoms with Crippen molar-refractivity contribution in [2.75, 3.05) is 32.7 Å². The molecule has 1 atom stereocenters. The maximum absolute atomic E-state index is 12.9. The van der Waals surface area contributed by atoms with Gasteiger partial charge in [0.05, 0.1) is 6.04 Å². The number of nitrogens with zero attached hydrogens (tertiary/aromatic N) is 4. The molecular formula is C20H31N5O. The summed E-state index contributed by atoms with van der Waals surface area (Å²) in [5.41, 5.74) is 2.45. The smallest absolute Gasteiger partial charge is 0.239 e. The standard InChI is InChI=1S/C20H31N5O/c1-15(24-9-3-2-4-10-24)20(26)25-11-6-16(7-12-25)19-22-14-17-13-21-8-5-18(17)23-19/h14-16,21H,2-13H2,1H3/t15-/m1/s1. The van der Waals surface area contributed by atoms with Crippen molar-refractivity contribution in [1.82, 2.24) is 25.1 Å². The molecule has 3 aliphatic heterocycles. The second-order valence-corrected chi connectivity index (χ2v) is 8.00. The van der Waals surface area contributed by atoms with Gasteiger partial charge in [-0.1, -0.05) is 6.42 Å². The molecule has 26 heavy (non-hydrogen) atoms. The van der Waals surface area contributed by atoms with Crippen LogP contribution < -0.4 is 5.32 Å². The highest BCUT2D eigenvalue weighted by Gasteiger charge is 2.31. The van der Waals surface area contributed by atoms with E-state index in [-0.39, 0.29) is 6.04 Å². The SMILES string of the molecule is C[C@H](C(=O)N1CCC(c2ncc3c(n2)CCNC3)CC1)N1CCCCC1. The van der Waals surface area contributed by atoms with E-state index < -0.39 is 0 Å². The molecule has 6 heteroatoms. The molecule has 0 unspecified atom stereocenters. The number of hydrogen-bond donors (Lipinski definition) is 1. The van der Waals surface area contributed by atoms with Crippen molar-refractivity contribution in [3.63, 3.8) is 0 Å². The first-order chi connectivity index (χ1) is 12.7. The van der Waals surface area contributed by atoms with Crippen LogP contribution in [0.5, 0.6) is 0 Å². The van der Waals surface area contributed by atoms with Crippen LogP contribution in [0.15, 0.2) is 6.20 Å². The van der Waals surface area contributed by atoms with Crippen molar-refractivity contribution in [1.29, 1.82) is 0 Å². The zero-order valence-electron chi connectivity index (χ0n) is 15.9. The fourth-order valence-corrected chi connectivity index (χ4v) is 4.53. The van der Waals surface area contributed by atoms with Crippen LogP contribution in [0.25, 0.3) is 0 Å². The van der Waals surface area contributed by atoms with Gasteiger partial charge in [0, 0.05) is 56.0 Å². The Morgan fingerprint density at radius 2 is 1.96 bits per heavy atom. The van der Waals surface area contributed by atoms with Crippen molar-refractivity contribution < 1.29 is 4.79 Å². The van der Waals surface area contributed by atoms with E-state index in [4.69, 9.17) is 4.98 Å². The van der Waals surface area contributed by atoms with Crippen LogP contribution >= 0.6 is 0 Å². The maximum Gasteiger partial charge on any atom is 0.239 e. The third-order valence-electron chi connectivity index (χ3n) is 6.29. The minimum Gasteiger partial charge on any atom is -0.341 e. The normalized spacial score (nSPS) is 23.5. The van der Waals surface area contributed by atoms with Crippen LogP contribution in [0, 0.1) is 0 Å². The molecule has 6 nitrogen and oxygen atoms in total. The van der Waals surface area contributed by atoms with Crippen LogP contribution in [0.3, 0.4) is 0 Å². The zero-order chi connectivity index (χ0) is 17.9. The summed E-state index contributed by atoms with van der Waals surface area (Å²) in [7, 11) is 0. The first-order valence-corrected chi connectivity index (χ1v) is 10.3. The fourth-order valence-electron chi connectivity index (χ4n) is 4.53. The van der Waals surface area contributed by atoms with E-state index in [0.29, 0.717) is 11.8 Å². The average molecular weight is 358 g/mol. The van der Waals surface area contributed by atoms with E-state index in [2.05, 4.69) is 27.0 Å². The molecule has 0 radical (unpaired) electrons. The summed E-state index contributed by atoms with van der Waals surface area (Å²) in [5.74, 6) is 1.69. The van der Waals surface area contributed by atoms with Crippen molar-refractivity contribution in [2.45, 2.75) is 64.0 Å². The number of amides is 1. The number of hydrogen-bond acceptors (Lipinski definition) is 5. The van der Waals surface area contributed by atoms with E-state index >= 15 is 0 Å². The Labute approximate surface area is 156 Å². The molecule has 1 amide bonds. The van der Waals surface area contributed by atoms with Gasteiger partial charge in [0.25, 0.3) is 0 Å². The number of nitrogens with one attached hydrogen (secondary N) is 1. The van der Waals surface area contributed by atoms with E-state index in [1.807, 2.05) is 6.20 Å². The average Bonchev–Trinajstić information content (AvgIpc) is 2.73. The molecule has 2 fully saturated rings. The number of piperidine rings is 2. The van der Waals surface area contributed by atoms with Gasteiger partial charge in [-0.3, -0.25) is 9.69 Å². The van der Waals surface area contributed by atoms with Gasteiger partial charge in [-0.05, 0) is 45.7 Å². The number of rotatable bonds is 3. The summed E-state index contributed by atoms with van der Waals surface area (Å²) in [6, 6.07) is 0.0272. The van der Waals surface area contributed by atoms with E-state index in [1.165, 1.54) is 30.5 Å². The van der Waals surface area contributed by atoms with Gasteiger partial charge in [0.15, 0.2) is 0 Å². The quantitative estimate of drug-likeness (QED) is 0.892. The molecule has 0 spiro atoms. The van der Waals surface area contributed by atoms with Crippen LogP contribution in [-0.4, -0.2) is 64.4 Å². The molecule has 1 N–H and O–H groups in total. The molecule has 3 aliphatic rings. The monoisotopic (exact) mass is 357 g/mol. The Morgan fingerprint density at radius 3 is 2.73 bits per heavy atom.